The molecule has 0 fully saturated rings. The van der Waals surface area contributed by atoms with Gasteiger partial charge in [-0.25, -0.2) is 4.98 Å². The standard InChI is InChI=1S/C22H22N4O2/c1-14-5-4-6-15(2)21(14)25-19-11-12-20(23-13-19)22(28)26-18-9-7-17(8-10-18)24-16(3)27/h4-13,25H,1-3H3,(H,24,27)(H,26,28). The van der Waals surface area contributed by atoms with Crippen molar-refractivity contribution in [1.29, 1.82) is 0 Å². The molecule has 6 nitrogen and oxygen atoms in total. The van der Waals surface area contributed by atoms with E-state index in [1.165, 1.54) is 6.92 Å². The zero-order valence-corrected chi connectivity index (χ0v) is 16.0. The number of nitrogens with one attached hydrogen (secondary N) is 3. The number of anilines is 4. The van der Waals surface area contributed by atoms with Crippen molar-refractivity contribution in [2.75, 3.05) is 16.0 Å². The second-order valence-electron chi connectivity index (χ2n) is 6.54. The third kappa shape index (κ3) is 4.73. The zero-order valence-electron chi connectivity index (χ0n) is 16.0. The Labute approximate surface area is 164 Å². The van der Waals surface area contributed by atoms with Crippen LogP contribution in [0.5, 0.6) is 0 Å². The molecule has 1 aromatic heterocycles. The molecule has 0 spiro atoms. The molecule has 2 aromatic carbocycles. The predicted octanol–water partition coefficient (Wildman–Crippen LogP) is 4.65. The van der Waals surface area contributed by atoms with Crippen molar-refractivity contribution in [3.63, 3.8) is 0 Å². The van der Waals surface area contributed by atoms with Crippen LogP contribution in [0, 0.1) is 13.8 Å². The molecule has 2 amide bonds. The zero-order chi connectivity index (χ0) is 20.1. The first-order chi connectivity index (χ1) is 13.4. The second kappa shape index (κ2) is 8.35. The molecule has 0 aliphatic rings. The van der Waals surface area contributed by atoms with Crippen molar-refractivity contribution in [3.05, 3.63) is 77.6 Å². The molecule has 1 heterocycles. The van der Waals surface area contributed by atoms with Crippen LogP contribution in [0.3, 0.4) is 0 Å². The van der Waals surface area contributed by atoms with Gasteiger partial charge in [-0.3, -0.25) is 9.59 Å². The number of aromatic nitrogens is 1. The molecule has 6 heteroatoms. The van der Waals surface area contributed by atoms with Gasteiger partial charge < -0.3 is 16.0 Å². The van der Waals surface area contributed by atoms with Crippen molar-refractivity contribution in [3.8, 4) is 0 Å². The fourth-order valence-electron chi connectivity index (χ4n) is 2.79. The van der Waals surface area contributed by atoms with Crippen molar-refractivity contribution >= 4 is 34.6 Å². The topological polar surface area (TPSA) is 83.1 Å². The van der Waals surface area contributed by atoms with Crippen molar-refractivity contribution < 1.29 is 9.59 Å². The highest BCUT2D eigenvalue weighted by Gasteiger charge is 2.09. The van der Waals surface area contributed by atoms with Gasteiger partial charge in [-0.05, 0) is 61.4 Å². The molecule has 142 valence electrons. The molecule has 0 atom stereocenters. The lowest BCUT2D eigenvalue weighted by Gasteiger charge is -2.12. The predicted molar refractivity (Wildman–Crippen MR) is 112 cm³/mol. The molecular weight excluding hydrogens is 352 g/mol. The second-order valence-corrected chi connectivity index (χ2v) is 6.54. The average molecular weight is 374 g/mol. The Kier molecular flexibility index (Phi) is 5.69. The number of amides is 2. The number of para-hydroxylation sites is 1. The summed E-state index contributed by atoms with van der Waals surface area (Å²) in [7, 11) is 0. The maximum atomic E-state index is 12.4. The third-order valence-corrected chi connectivity index (χ3v) is 4.21. The summed E-state index contributed by atoms with van der Waals surface area (Å²) in [6, 6.07) is 16.5. The largest absolute Gasteiger partial charge is 0.354 e. The van der Waals surface area contributed by atoms with Crippen LogP contribution in [0.2, 0.25) is 0 Å². The Bertz CT molecular complexity index is 976. The monoisotopic (exact) mass is 374 g/mol. The molecule has 0 bridgehead atoms. The Morgan fingerprint density at radius 1 is 0.786 bits per heavy atom. The number of nitrogens with zero attached hydrogens (tertiary/aromatic N) is 1. The van der Waals surface area contributed by atoms with Gasteiger partial charge in [0, 0.05) is 24.0 Å². The maximum Gasteiger partial charge on any atom is 0.274 e. The number of hydrogen-bond donors (Lipinski definition) is 3. The number of benzene rings is 2. The summed E-state index contributed by atoms with van der Waals surface area (Å²) in [5.74, 6) is -0.443. The Hall–Kier alpha value is -3.67. The molecule has 0 aliphatic carbocycles. The first kappa shape index (κ1) is 19.1. The van der Waals surface area contributed by atoms with Crippen LogP contribution in [-0.2, 0) is 4.79 Å². The van der Waals surface area contributed by atoms with E-state index in [9.17, 15) is 9.59 Å². The fraction of sp³-hybridized carbons (Fsp3) is 0.136. The highest BCUT2D eigenvalue weighted by Crippen LogP contribution is 2.24. The summed E-state index contributed by atoms with van der Waals surface area (Å²) in [5, 5.41) is 8.82. The summed E-state index contributed by atoms with van der Waals surface area (Å²) in [4.78, 5) is 27.7. The maximum absolute atomic E-state index is 12.4. The van der Waals surface area contributed by atoms with Gasteiger partial charge in [-0.2, -0.15) is 0 Å². The van der Waals surface area contributed by atoms with Gasteiger partial charge in [0.25, 0.3) is 5.91 Å². The Balaban J connectivity index is 1.66. The minimum atomic E-state index is -0.300. The molecular formula is C22H22N4O2. The van der Waals surface area contributed by atoms with Crippen LogP contribution in [0.15, 0.2) is 60.8 Å². The Morgan fingerprint density at radius 2 is 1.36 bits per heavy atom. The van der Waals surface area contributed by atoms with Crippen LogP contribution >= 0.6 is 0 Å². The van der Waals surface area contributed by atoms with Gasteiger partial charge in [0.05, 0.1) is 11.9 Å². The summed E-state index contributed by atoms with van der Waals surface area (Å²) in [5.41, 5.74) is 5.76. The number of aryl methyl sites for hydroxylation is 2. The van der Waals surface area contributed by atoms with E-state index in [4.69, 9.17) is 0 Å². The molecule has 3 rings (SSSR count). The van der Waals surface area contributed by atoms with Gasteiger partial charge in [-0.15, -0.1) is 0 Å². The van der Waals surface area contributed by atoms with Gasteiger partial charge in [0.2, 0.25) is 5.91 Å². The molecule has 3 N–H and O–H groups in total. The molecule has 0 aliphatic heterocycles. The van der Waals surface area contributed by atoms with Crippen LogP contribution in [0.25, 0.3) is 0 Å². The van der Waals surface area contributed by atoms with E-state index in [2.05, 4.69) is 20.9 Å². The lowest BCUT2D eigenvalue weighted by Crippen LogP contribution is -2.13. The number of carbonyl (C=O) groups is 2. The summed E-state index contributed by atoms with van der Waals surface area (Å²) in [6.45, 7) is 5.53. The minimum absolute atomic E-state index is 0.143. The summed E-state index contributed by atoms with van der Waals surface area (Å²) < 4.78 is 0. The normalized spacial score (nSPS) is 10.2. The van der Waals surface area contributed by atoms with Gasteiger partial charge in [0.15, 0.2) is 0 Å². The fourth-order valence-corrected chi connectivity index (χ4v) is 2.79. The van der Waals surface area contributed by atoms with E-state index in [1.807, 2.05) is 38.1 Å². The summed E-state index contributed by atoms with van der Waals surface area (Å²) in [6.07, 6.45) is 1.64. The van der Waals surface area contributed by atoms with Crippen LogP contribution in [0.1, 0.15) is 28.5 Å². The number of hydrogen-bond acceptors (Lipinski definition) is 4. The number of carbonyl (C=O) groups excluding carboxylic acids is 2. The van der Waals surface area contributed by atoms with Gasteiger partial charge >= 0.3 is 0 Å². The molecule has 28 heavy (non-hydrogen) atoms. The average Bonchev–Trinajstić information content (AvgIpc) is 2.66. The van der Waals surface area contributed by atoms with Crippen LogP contribution in [-0.4, -0.2) is 16.8 Å². The summed E-state index contributed by atoms with van der Waals surface area (Å²) >= 11 is 0. The number of pyridine rings is 1. The third-order valence-electron chi connectivity index (χ3n) is 4.21. The van der Waals surface area contributed by atoms with E-state index in [-0.39, 0.29) is 11.8 Å². The van der Waals surface area contributed by atoms with Crippen molar-refractivity contribution in [2.45, 2.75) is 20.8 Å². The van der Waals surface area contributed by atoms with E-state index >= 15 is 0 Å². The SMILES string of the molecule is CC(=O)Nc1ccc(NC(=O)c2ccc(Nc3c(C)cccc3C)cn2)cc1. The van der Waals surface area contributed by atoms with Gasteiger partial charge in [0.1, 0.15) is 5.69 Å². The lowest BCUT2D eigenvalue weighted by atomic mass is 10.1. The highest BCUT2D eigenvalue weighted by molar-refractivity contribution is 6.03. The van der Waals surface area contributed by atoms with E-state index in [0.29, 0.717) is 17.1 Å². The molecule has 0 radical (unpaired) electrons. The molecule has 0 unspecified atom stereocenters. The Morgan fingerprint density at radius 3 is 1.89 bits per heavy atom. The molecule has 0 saturated heterocycles. The first-order valence-corrected chi connectivity index (χ1v) is 8.90. The molecule has 3 aromatic rings. The van der Waals surface area contributed by atoms with Gasteiger partial charge in [-0.1, -0.05) is 18.2 Å². The highest BCUT2D eigenvalue weighted by atomic mass is 16.2. The number of rotatable bonds is 5. The first-order valence-electron chi connectivity index (χ1n) is 8.90. The molecule has 0 saturated carbocycles. The smallest absolute Gasteiger partial charge is 0.274 e. The van der Waals surface area contributed by atoms with Crippen LogP contribution in [0.4, 0.5) is 22.7 Å². The lowest BCUT2D eigenvalue weighted by molar-refractivity contribution is -0.114. The van der Waals surface area contributed by atoms with Crippen LogP contribution < -0.4 is 16.0 Å². The quantitative estimate of drug-likeness (QED) is 0.607. The van der Waals surface area contributed by atoms with E-state index in [1.54, 1.807) is 36.5 Å². The minimum Gasteiger partial charge on any atom is -0.354 e. The van der Waals surface area contributed by atoms with Crippen molar-refractivity contribution in [1.82, 2.24) is 4.98 Å². The van der Waals surface area contributed by atoms with Crippen molar-refractivity contribution in [2.24, 2.45) is 0 Å². The van der Waals surface area contributed by atoms with E-state index < -0.39 is 0 Å². The van der Waals surface area contributed by atoms with E-state index in [0.717, 1.165) is 22.5 Å².